The fourth-order valence-corrected chi connectivity index (χ4v) is 3.36. The van der Waals surface area contributed by atoms with Gasteiger partial charge in [0.15, 0.2) is 0 Å². The summed E-state index contributed by atoms with van der Waals surface area (Å²) >= 11 is 0. The second kappa shape index (κ2) is 6.64. The molecule has 0 radical (unpaired) electrons. The molecule has 1 nitrogen and oxygen atoms in total. The summed E-state index contributed by atoms with van der Waals surface area (Å²) < 4.78 is 0. The highest BCUT2D eigenvalue weighted by Gasteiger charge is 2.29. The lowest BCUT2D eigenvalue weighted by atomic mass is 9.72. The van der Waals surface area contributed by atoms with Crippen LogP contribution in [0.15, 0.2) is 0 Å². The zero-order valence-corrected chi connectivity index (χ0v) is 12.4. The van der Waals surface area contributed by atoms with Gasteiger partial charge in [-0.1, -0.05) is 53.9 Å². The van der Waals surface area contributed by atoms with E-state index >= 15 is 0 Å². The smallest absolute Gasteiger partial charge is 0.0130 e. The lowest BCUT2D eigenvalue weighted by molar-refractivity contribution is 0.189. The first-order valence-corrected chi connectivity index (χ1v) is 7.01. The third-order valence-corrected chi connectivity index (χ3v) is 3.39. The Balaban J connectivity index is 4.21. The van der Waals surface area contributed by atoms with Gasteiger partial charge in [-0.3, -0.25) is 0 Å². The van der Waals surface area contributed by atoms with Crippen molar-refractivity contribution in [3.8, 4) is 0 Å². The molecule has 0 aliphatic heterocycles. The van der Waals surface area contributed by atoms with E-state index < -0.39 is 0 Å². The quantitative estimate of drug-likeness (QED) is 0.636. The first-order valence-electron chi connectivity index (χ1n) is 7.01. The Labute approximate surface area is 103 Å². The molecule has 0 fully saturated rings. The van der Waals surface area contributed by atoms with Crippen LogP contribution in [0.3, 0.4) is 0 Å². The van der Waals surface area contributed by atoms with E-state index in [1.54, 1.807) is 0 Å². The minimum absolute atomic E-state index is 0.0180. The topological polar surface area (TPSA) is 26.0 Å². The molecule has 0 saturated heterocycles. The summed E-state index contributed by atoms with van der Waals surface area (Å²) in [5.74, 6) is 0.831. The van der Waals surface area contributed by atoms with E-state index in [0.29, 0.717) is 5.41 Å². The van der Waals surface area contributed by atoms with Crippen LogP contribution in [0.5, 0.6) is 0 Å². The Morgan fingerprint density at radius 3 is 2.06 bits per heavy atom. The second-order valence-corrected chi connectivity index (χ2v) is 6.84. The molecule has 0 saturated carbocycles. The lowest BCUT2D eigenvalue weighted by Gasteiger charge is -2.36. The average molecular weight is 227 g/mol. The molecule has 98 valence electrons. The average Bonchev–Trinajstić information content (AvgIpc) is 1.99. The summed E-state index contributed by atoms with van der Waals surface area (Å²) in [5.41, 5.74) is 6.76. The maximum absolute atomic E-state index is 6.36. The Morgan fingerprint density at radius 1 is 1.06 bits per heavy atom. The fourth-order valence-electron chi connectivity index (χ4n) is 3.36. The number of hydrogen-bond donors (Lipinski definition) is 1. The van der Waals surface area contributed by atoms with E-state index in [4.69, 9.17) is 5.73 Å². The van der Waals surface area contributed by atoms with Crippen molar-refractivity contribution in [2.75, 3.05) is 0 Å². The van der Waals surface area contributed by atoms with Crippen LogP contribution in [-0.2, 0) is 0 Å². The summed E-state index contributed by atoms with van der Waals surface area (Å²) in [5, 5.41) is 0. The molecule has 0 bridgehead atoms. The predicted octanol–water partition coefficient (Wildman–Crippen LogP) is 4.75. The van der Waals surface area contributed by atoms with Crippen LogP contribution in [0.25, 0.3) is 0 Å². The summed E-state index contributed by atoms with van der Waals surface area (Å²) in [6.07, 6.45) is 7.41. The van der Waals surface area contributed by atoms with Gasteiger partial charge in [0.25, 0.3) is 0 Å². The molecule has 0 aliphatic rings. The molecule has 0 aliphatic carbocycles. The second-order valence-electron chi connectivity index (χ2n) is 6.84. The van der Waals surface area contributed by atoms with E-state index in [9.17, 15) is 0 Å². The number of hydrogen-bond acceptors (Lipinski definition) is 1. The van der Waals surface area contributed by atoms with Crippen molar-refractivity contribution < 1.29 is 0 Å². The van der Waals surface area contributed by atoms with Gasteiger partial charge in [0.2, 0.25) is 0 Å². The Bertz CT molecular complexity index is 182. The molecule has 0 amide bonds. The highest BCUT2D eigenvalue weighted by molar-refractivity contribution is 4.86. The molecule has 1 heteroatoms. The van der Waals surface area contributed by atoms with Crippen molar-refractivity contribution in [2.45, 2.75) is 85.6 Å². The van der Waals surface area contributed by atoms with E-state index in [-0.39, 0.29) is 5.54 Å². The van der Waals surface area contributed by atoms with Crippen molar-refractivity contribution in [3.05, 3.63) is 0 Å². The van der Waals surface area contributed by atoms with E-state index in [1.807, 2.05) is 0 Å². The molecular weight excluding hydrogens is 194 g/mol. The van der Waals surface area contributed by atoms with Crippen LogP contribution in [0.4, 0.5) is 0 Å². The van der Waals surface area contributed by atoms with Crippen LogP contribution in [0.1, 0.15) is 80.1 Å². The van der Waals surface area contributed by atoms with E-state index in [1.165, 1.54) is 25.7 Å². The van der Waals surface area contributed by atoms with E-state index in [0.717, 1.165) is 18.8 Å². The summed E-state index contributed by atoms with van der Waals surface area (Å²) in [6.45, 7) is 13.8. The highest BCUT2D eigenvalue weighted by atomic mass is 14.7. The third-order valence-electron chi connectivity index (χ3n) is 3.39. The first kappa shape index (κ1) is 16.0. The Hall–Kier alpha value is -0.0400. The Morgan fingerprint density at radius 2 is 1.62 bits per heavy atom. The van der Waals surface area contributed by atoms with Gasteiger partial charge in [0, 0.05) is 5.54 Å². The van der Waals surface area contributed by atoms with Gasteiger partial charge < -0.3 is 5.73 Å². The molecule has 0 aromatic rings. The molecule has 2 N–H and O–H groups in total. The molecule has 0 spiro atoms. The maximum Gasteiger partial charge on any atom is 0.0130 e. The maximum atomic E-state index is 6.36. The first-order chi connectivity index (χ1) is 7.22. The van der Waals surface area contributed by atoms with Gasteiger partial charge >= 0.3 is 0 Å². The molecule has 2 unspecified atom stereocenters. The standard InChI is InChI=1S/C15H33N/c1-7-9-13(3)11-14(4,5)12-15(6,16)10-8-2/h13H,7-12,16H2,1-6H3. The zero-order chi connectivity index (χ0) is 12.8. The van der Waals surface area contributed by atoms with Crippen LogP contribution in [0, 0.1) is 11.3 Å². The molecule has 0 aromatic heterocycles. The molecule has 0 rings (SSSR count). The largest absolute Gasteiger partial charge is 0.325 e. The molecule has 2 atom stereocenters. The van der Waals surface area contributed by atoms with Crippen molar-refractivity contribution >= 4 is 0 Å². The van der Waals surface area contributed by atoms with Gasteiger partial charge in [-0.2, -0.15) is 0 Å². The fraction of sp³-hybridized carbons (Fsp3) is 1.00. The van der Waals surface area contributed by atoms with Gasteiger partial charge in [-0.05, 0) is 37.5 Å². The third kappa shape index (κ3) is 7.27. The van der Waals surface area contributed by atoms with Gasteiger partial charge in [0.05, 0.1) is 0 Å². The van der Waals surface area contributed by atoms with Crippen molar-refractivity contribution in [1.82, 2.24) is 0 Å². The lowest BCUT2D eigenvalue weighted by Crippen LogP contribution is -2.41. The predicted molar refractivity (Wildman–Crippen MR) is 74.6 cm³/mol. The molecule has 16 heavy (non-hydrogen) atoms. The Kier molecular flexibility index (Phi) is 6.62. The summed E-state index contributed by atoms with van der Waals surface area (Å²) in [6, 6.07) is 0. The summed E-state index contributed by atoms with van der Waals surface area (Å²) in [7, 11) is 0. The molecule has 0 heterocycles. The van der Waals surface area contributed by atoms with Crippen LogP contribution in [0.2, 0.25) is 0 Å². The van der Waals surface area contributed by atoms with Gasteiger partial charge in [-0.25, -0.2) is 0 Å². The minimum Gasteiger partial charge on any atom is -0.325 e. The number of nitrogens with two attached hydrogens (primary N) is 1. The zero-order valence-electron chi connectivity index (χ0n) is 12.4. The van der Waals surface area contributed by atoms with Gasteiger partial charge in [-0.15, -0.1) is 0 Å². The van der Waals surface area contributed by atoms with E-state index in [2.05, 4.69) is 41.5 Å². The number of rotatable bonds is 8. The van der Waals surface area contributed by atoms with Crippen LogP contribution < -0.4 is 5.73 Å². The van der Waals surface area contributed by atoms with Crippen LogP contribution >= 0.6 is 0 Å². The molecular formula is C15H33N. The normalized spacial score (nSPS) is 18.2. The van der Waals surface area contributed by atoms with Crippen molar-refractivity contribution in [2.24, 2.45) is 17.1 Å². The molecule has 0 aromatic carbocycles. The highest BCUT2D eigenvalue weighted by Crippen LogP contribution is 2.36. The minimum atomic E-state index is 0.0180. The monoisotopic (exact) mass is 227 g/mol. The van der Waals surface area contributed by atoms with Crippen LogP contribution in [-0.4, -0.2) is 5.54 Å². The van der Waals surface area contributed by atoms with Crippen molar-refractivity contribution in [3.63, 3.8) is 0 Å². The SMILES string of the molecule is CCCC(C)CC(C)(C)CC(C)(N)CCC. The summed E-state index contributed by atoms with van der Waals surface area (Å²) in [4.78, 5) is 0. The van der Waals surface area contributed by atoms with Crippen molar-refractivity contribution in [1.29, 1.82) is 0 Å². The van der Waals surface area contributed by atoms with Gasteiger partial charge in [0.1, 0.15) is 0 Å².